The van der Waals surface area contributed by atoms with E-state index in [0.717, 1.165) is 5.69 Å². The highest BCUT2D eigenvalue weighted by atomic mass is 19.1. The van der Waals surface area contributed by atoms with Crippen LogP contribution in [0, 0.1) is 5.82 Å². The molecule has 3 amide bonds. The normalized spacial score (nSPS) is 14.4. The van der Waals surface area contributed by atoms with Crippen molar-refractivity contribution in [2.45, 2.75) is 6.42 Å². The minimum Gasteiger partial charge on any atom is -0.484 e. The van der Waals surface area contributed by atoms with Gasteiger partial charge in [-0.2, -0.15) is 0 Å². The van der Waals surface area contributed by atoms with Gasteiger partial charge in [0.1, 0.15) is 11.6 Å². The third-order valence-corrected chi connectivity index (χ3v) is 4.32. The fourth-order valence-corrected chi connectivity index (χ4v) is 2.89. The van der Waals surface area contributed by atoms with Crippen LogP contribution in [-0.2, 0) is 4.79 Å². The maximum absolute atomic E-state index is 13.2. The number of nitrogens with one attached hydrogen (secondary N) is 1. The van der Waals surface area contributed by atoms with Crippen LogP contribution in [0.2, 0.25) is 0 Å². The zero-order chi connectivity index (χ0) is 19.1. The fraction of sp³-hybridized carbons (Fsp3) is 0.300. The highest BCUT2D eigenvalue weighted by Crippen LogP contribution is 2.13. The van der Waals surface area contributed by atoms with Crippen LogP contribution in [0.5, 0.6) is 5.75 Å². The van der Waals surface area contributed by atoms with Crippen molar-refractivity contribution in [3.63, 3.8) is 0 Å². The van der Waals surface area contributed by atoms with Gasteiger partial charge in [-0.25, -0.2) is 9.18 Å². The van der Waals surface area contributed by atoms with Gasteiger partial charge in [0.15, 0.2) is 6.61 Å². The Balaban J connectivity index is 1.48. The molecule has 0 saturated carbocycles. The predicted octanol–water partition coefficient (Wildman–Crippen LogP) is 2.97. The molecule has 1 aliphatic rings. The highest BCUT2D eigenvalue weighted by molar-refractivity contribution is 5.89. The second kappa shape index (κ2) is 9.02. The molecule has 2 aromatic rings. The van der Waals surface area contributed by atoms with Crippen molar-refractivity contribution < 1.29 is 18.7 Å². The lowest BCUT2D eigenvalue weighted by Gasteiger charge is -2.22. The third kappa shape index (κ3) is 5.44. The fourth-order valence-electron chi connectivity index (χ4n) is 2.89. The number of nitrogens with zero attached hydrogens (tertiary/aromatic N) is 2. The van der Waals surface area contributed by atoms with Crippen molar-refractivity contribution >= 4 is 17.6 Å². The molecule has 0 spiro atoms. The largest absolute Gasteiger partial charge is 0.484 e. The Kier molecular flexibility index (Phi) is 6.25. The number of rotatable bonds is 4. The Morgan fingerprint density at radius 3 is 2.48 bits per heavy atom. The second-order valence-corrected chi connectivity index (χ2v) is 6.26. The van der Waals surface area contributed by atoms with E-state index in [1.165, 1.54) is 18.2 Å². The molecular formula is C20H22FN3O3. The van der Waals surface area contributed by atoms with Gasteiger partial charge in [0.05, 0.1) is 0 Å². The summed E-state index contributed by atoms with van der Waals surface area (Å²) in [5, 5.41) is 2.86. The molecule has 7 heteroatoms. The first kappa shape index (κ1) is 18.7. The lowest BCUT2D eigenvalue weighted by molar-refractivity contribution is -0.133. The minimum atomic E-state index is -0.408. The van der Waals surface area contributed by atoms with E-state index >= 15 is 0 Å². The first-order valence-electron chi connectivity index (χ1n) is 8.89. The van der Waals surface area contributed by atoms with E-state index in [4.69, 9.17) is 4.74 Å². The molecular weight excluding hydrogens is 349 g/mol. The summed E-state index contributed by atoms with van der Waals surface area (Å²) in [4.78, 5) is 28.1. The Labute approximate surface area is 157 Å². The van der Waals surface area contributed by atoms with E-state index in [0.29, 0.717) is 38.3 Å². The summed E-state index contributed by atoms with van der Waals surface area (Å²) in [6.45, 7) is 1.87. The molecule has 1 saturated heterocycles. The van der Waals surface area contributed by atoms with Gasteiger partial charge in [0.25, 0.3) is 5.91 Å². The van der Waals surface area contributed by atoms with Gasteiger partial charge in [0.2, 0.25) is 0 Å². The zero-order valence-corrected chi connectivity index (χ0v) is 14.9. The SMILES string of the molecule is O=C(COc1cccc(F)c1)N1CCCN(C(=O)Nc2ccccc2)CC1. The average Bonchev–Trinajstić information content (AvgIpc) is 2.93. The molecule has 0 unspecified atom stereocenters. The van der Waals surface area contributed by atoms with Gasteiger partial charge in [-0.15, -0.1) is 0 Å². The third-order valence-electron chi connectivity index (χ3n) is 4.32. The summed E-state index contributed by atoms with van der Waals surface area (Å²) in [5.41, 5.74) is 0.739. The van der Waals surface area contributed by atoms with Crippen molar-refractivity contribution in [3.8, 4) is 5.75 Å². The van der Waals surface area contributed by atoms with Crippen LogP contribution in [0.15, 0.2) is 54.6 Å². The Morgan fingerprint density at radius 1 is 0.963 bits per heavy atom. The van der Waals surface area contributed by atoms with Gasteiger partial charge in [-0.3, -0.25) is 4.79 Å². The standard InChI is InChI=1S/C20H22FN3O3/c21-16-6-4-9-18(14-16)27-15-19(25)23-10-5-11-24(13-12-23)20(26)22-17-7-2-1-3-8-17/h1-4,6-9,14H,5,10-13,15H2,(H,22,26). The number of urea groups is 1. The van der Waals surface area contributed by atoms with E-state index in [-0.39, 0.29) is 18.5 Å². The monoisotopic (exact) mass is 371 g/mol. The maximum atomic E-state index is 13.2. The predicted molar refractivity (Wildman–Crippen MR) is 100 cm³/mol. The molecule has 0 radical (unpaired) electrons. The number of benzene rings is 2. The molecule has 142 valence electrons. The molecule has 1 fully saturated rings. The number of carbonyl (C=O) groups excluding carboxylic acids is 2. The first-order chi connectivity index (χ1) is 13.1. The molecule has 2 aromatic carbocycles. The summed E-state index contributed by atoms with van der Waals surface area (Å²) in [6.07, 6.45) is 0.688. The zero-order valence-electron chi connectivity index (χ0n) is 14.9. The van der Waals surface area contributed by atoms with E-state index < -0.39 is 5.82 Å². The molecule has 27 heavy (non-hydrogen) atoms. The number of amides is 3. The first-order valence-corrected chi connectivity index (χ1v) is 8.89. The summed E-state index contributed by atoms with van der Waals surface area (Å²) >= 11 is 0. The Hall–Kier alpha value is -3.09. The molecule has 1 aliphatic heterocycles. The minimum absolute atomic E-state index is 0.153. The molecule has 1 heterocycles. The number of hydrogen-bond acceptors (Lipinski definition) is 3. The Bertz CT molecular complexity index is 785. The second-order valence-electron chi connectivity index (χ2n) is 6.26. The molecule has 6 nitrogen and oxygen atoms in total. The van der Waals surface area contributed by atoms with Crippen molar-refractivity contribution in [1.82, 2.24) is 9.80 Å². The van der Waals surface area contributed by atoms with Crippen LogP contribution in [0.4, 0.5) is 14.9 Å². The topological polar surface area (TPSA) is 61.9 Å². The van der Waals surface area contributed by atoms with Crippen LogP contribution < -0.4 is 10.1 Å². The molecule has 0 atom stereocenters. The number of anilines is 1. The number of halogens is 1. The Morgan fingerprint density at radius 2 is 1.70 bits per heavy atom. The van der Waals surface area contributed by atoms with Crippen LogP contribution >= 0.6 is 0 Å². The molecule has 0 aliphatic carbocycles. The van der Waals surface area contributed by atoms with E-state index in [2.05, 4.69) is 5.32 Å². The van der Waals surface area contributed by atoms with Gasteiger partial charge >= 0.3 is 6.03 Å². The molecule has 0 aromatic heterocycles. The smallest absolute Gasteiger partial charge is 0.321 e. The van der Waals surface area contributed by atoms with Crippen LogP contribution in [0.3, 0.4) is 0 Å². The van der Waals surface area contributed by atoms with Gasteiger partial charge in [-0.05, 0) is 30.7 Å². The van der Waals surface area contributed by atoms with Crippen molar-refractivity contribution in [3.05, 3.63) is 60.4 Å². The van der Waals surface area contributed by atoms with Gasteiger partial charge in [0, 0.05) is 37.9 Å². The summed E-state index contributed by atoms with van der Waals surface area (Å²) < 4.78 is 18.5. The maximum Gasteiger partial charge on any atom is 0.321 e. The van der Waals surface area contributed by atoms with Crippen LogP contribution in [-0.4, -0.2) is 54.5 Å². The van der Waals surface area contributed by atoms with Crippen LogP contribution in [0.1, 0.15) is 6.42 Å². The van der Waals surface area contributed by atoms with Crippen molar-refractivity contribution in [2.75, 3.05) is 38.1 Å². The van der Waals surface area contributed by atoms with E-state index in [9.17, 15) is 14.0 Å². The average molecular weight is 371 g/mol. The van der Waals surface area contributed by atoms with E-state index in [1.54, 1.807) is 15.9 Å². The molecule has 1 N–H and O–H groups in total. The van der Waals surface area contributed by atoms with Crippen LogP contribution in [0.25, 0.3) is 0 Å². The number of ether oxygens (including phenoxy) is 1. The van der Waals surface area contributed by atoms with Crippen molar-refractivity contribution in [2.24, 2.45) is 0 Å². The lowest BCUT2D eigenvalue weighted by atomic mass is 10.3. The van der Waals surface area contributed by atoms with Gasteiger partial charge in [-0.1, -0.05) is 24.3 Å². The number of carbonyl (C=O) groups is 2. The summed E-state index contributed by atoms with van der Waals surface area (Å²) in [6, 6.07) is 14.8. The molecule has 3 rings (SSSR count). The number of hydrogen-bond donors (Lipinski definition) is 1. The van der Waals surface area contributed by atoms with E-state index in [1.807, 2.05) is 30.3 Å². The summed E-state index contributed by atoms with van der Waals surface area (Å²) in [7, 11) is 0. The highest BCUT2D eigenvalue weighted by Gasteiger charge is 2.22. The number of para-hydroxylation sites is 1. The quantitative estimate of drug-likeness (QED) is 0.899. The summed E-state index contributed by atoms with van der Waals surface area (Å²) in [5.74, 6) is -0.263. The van der Waals surface area contributed by atoms with Gasteiger partial charge < -0.3 is 19.9 Å². The molecule has 0 bridgehead atoms. The van der Waals surface area contributed by atoms with Crippen molar-refractivity contribution in [1.29, 1.82) is 0 Å². The lowest BCUT2D eigenvalue weighted by Crippen LogP contribution is -2.40.